The Balaban J connectivity index is 0.00000400. The van der Waals surface area contributed by atoms with Gasteiger partial charge in [-0.3, -0.25) is 9.69 Å². The summed E-state index contributed by atoms with van der Waals surface area (Å²) >= 11 is 0. The Morgan fingerprint density at radius 2 is 1.64 bits per heavy atom. The van der Waals surface area contributed by atoms with Crippen LogP contribution < -0.4 is 18.9 Å². The molecule has 6 atom stereocenters. The van der Waals surface area contributed by atoms with Crippen molar-refractivity contribution in [2.45, 2.75) is 37.5 Å². The molecule has 0 radical (unpaired) electrons. The van der Waals surface area contributed by atoms with Gasteiger partial charge in [0.05, 0.1) is 53.1 Å². The number of nitrogens with zero attached hydrogens (tertiary/aromatic N) is 1. The fraction of sp³-hybridized carbons (Fsp3) is 0.515. The third kappa shape index (κ3) is 5.72. The van der Waals surface area contributed by atoms with Crippen molar-refractivity contribution >= 4 is 22.8 Å². The first-order chi connectivity index (χ1) is 21.3. The first kappa shape index (κ1) is 32.9. The van der Waals surface area contributed by atoms with Crippen molar-refractivity contribution in [3.05, 3.63) is 47.2 Å². The van der Waals surface area contributed by atoms with Gasteiger partial charge in [0.2, 0.25) is 5.75 Å². The van der Waals surface area contributed by atoms with Gasteiger partial charge in [-0.2, -0.15) is 0 Å². The Bertz CT molecular complexity index is 1530. The number of hydrogen-bond acceptors (Lipinski definition) is 10. The molecule has 11 nitrogen and oxygen atoms in total. The molecule has 0 amide bonds. The van der Waals surface area contributed by atoms with Crippen molar-refractivity contribution < 1.29 is 59.2 Å². The van der Waals surface area contributed by atoms with Gasteiger partial charge in [0.1, 0.15) is 18.0 Å². The number of H-pyrrole nitrogens is 1. The van der Waals surface area contributed by atoms with E-state index in [1.807, 2.05) is 12.1 Å². The third-order valence-corrected chi connectivity index (χ3v) is 9.76. The summed E-state index contributed by atoms with van der Waals surface area (Å²) in [5.74, 6) is 0.441. The minimum atomic E-state index is -0.670. The third-order valence-electron chi connectivity index (χ3n) is 9.76. The van der Waals surface area contributed by atoms with Gasteiger partial charge in [0.15, 0.2) is 11.5 Å². The number of carbonyl (C=O) groups excluding carboxylic acids is 2. The quantitative estimate of drug-likeness (QED) is 0.277. The van der Waals surface area contributed by atoms with Crippen molar-refractivity contribution in [2.75, 3.05) is 55.7 Å². The molecule has 2 aromatic carbocycles. The second-order valence-electron chi connectivity index (χ2n) is 11.7. The van der Waals surface area contributed by atoms with Crippen LogP contribution in [-0.2, 0) is 41.9 Å². The molecule has 2 aliphatic heterocycles. The number of fused-ring (bicyclic) bond motifs is 6. The molecule has 246 valence electrons. The van der Waals surface area contributed by atoms with Gasteiger partial charge in [-0.15, -0.1) is 0 Å². The van der Waals surface area contributed by atoms with E-state index in [1.54, 1.807) is 26.4 Å². The molecule has 1 aromatic heterocycles. The Kier molecular flexibility index (Phi) is 9.86. The molecule has 12 heteroatoms. The zero-order chi connectivity index (χ0) is 31.1. The van der Waals surface area contributed by atoms with E-state index in [4.69, 9.17) is 33.2 Å². The van der Waals surface area contributed by atoms with Crippen LogP contribution in [0.4, 0.5) is 0 Å². The van der Waals surface area contributed by atoms with Crippen LogP contribution >= 0.6 is 0 Å². The van der Waals surface area contributed by atoms with Gasteiger partial charge in [0, 0.05) is 59.4 Å². The van der Waals surface area contributed by atoms with Crippen molar-refractivity contribution in [1.82, 2.24) is 9.88 Å². The molecule has 6 rings (SSSR count). The Labute approximate surface area is 272 Å². The standard InChI is InChI=1S/C33H40N2O9.Ni/c1-38-19-7-8-20-21-9-10-35-16-18-13-27(44-32(36)17-11-25(39-2)30(41-4)26(12-17)40-3)31(42-5)28(33(37)43-6)22(18)15-24(35)29(21)34-23(20)14-19;/h7-8,11-12,14,18,22,24,27-28,31,34H,9-10,13,15-16H2,1-6H3;/t18-,22+,24-,27-,28+,31+;/m1./s1. The zero-order valence-electron chi connectivity index (χ0n) is 26.3. The average molecular weight is 667 g/mol. The predicted molar refractivity (Wildman–Crippen MR) is 161 cm³/mol. The molecule has 0 spiro atoms. The van der Waals surface area contributed by atoms with Crippen LogP contribution in [-0.4, -0.2) is 89.8 Å². The molecule has 3 aromatic rings. The molecule has 3 aliphatic rings. The Hall–Kier alpha value is -3.47. The van der Waals surface area contributed by atoms with E-state index < -0.39 is 24.1 Å². The van der Waals surface area contributed by atoms with E-state index in [2.05, 4.69) is 16.0 Å². The van der Waals surface area contributed by atoms with E-state index >= 15 is 0 Å². The largest absolute Gasteiger partial charge is 0.497 e. The topological polar surface area (TPSA) is 118 Å². The molecule has 1 aliphatic carbocycles. The molecule has 1 saturated heterocycles. The molecule has 45 heavy (non-hydrogen) atoms. The number of esters is 2. The fourth-order valence-electron chi connectivity index (χ4n) is 7.76. The molecule has 1 N–H and O–H groups in total. The number of methoxy groups -OCH3 is 6. The van der Waals surface area contributed by atoms with Crippen LogP contribution in [0.3, 0.4) is 0 Å². The van der Waals surface area contributed by atoms with Crippen LogP contribution in [0, 0.1) is 17.8 Å². The summed E-state index contributed by atoms with van der Waals surface area (Å²) in [6.07, 6.45) is 0.920. The minimum Gasteiger partial charge on any atom is -0.497 e. The SMILES string of the molecule is COC(=O)[C@H]1[C@H]2C[C@@H]3c4[nH]c5cc(OC)ccc5c4CCN3C[C@H]2C[C@@H](OC(=O)c2cc(OC)c(OC)c(OC)c2)[C@@H]1OC.[Ni]. The van der Waals surface area contributed by atoms with Crippen LogP contribution in [0.1, 0.15) is 40.5 Å². The maximum atomic E-state index is 13.5. The summed E-state index contributed by atoms with van der Waals surface area (Å²) in [6, 6.07) is 9.40. The van der Waals surface area contributed by atoms with Crippen molar-refractivity contribution in [3.8, 4) is 23.0 Å². The number of nitrogens with one attached hydrogen (secondary N) is 1. The number of benzene rings is 2. The Morgan fingerprint density at radius 1 is 0.911 bits per heavy atom. The van der Waals surface area contributed by atoms with Crippen LogP contribution in [0.25, 0.3) is 10.9 Å². The average Bonchev–Trinajstić information content (AvgIpc) is 3.43. The first-order valence-corrected chi connectivity index (χ1v) is 14.9. The zero-order valence-corrected chi connectivity index (χ0v) is 27.3. The molecule has 1 saturated carbocycles. The summed E-state index contributed by atoms with van der Waals surface area (Å²) < 4.78 is 39.1. The van der Waals surface area contributed by atoms with Crippen LogP contribution in [0.15, 0.2) is 30.3 Å². The number of rotatable bonds is 8. The normalized spacial score (nSPS) is 25.6. The number of ether oxygens (including phenoxy) is 7. The number of piperidine rings is 1. The fourth-order valence-corrected chi connectivity index (χ4v) is 7.76. The molecule has 0 unspecified atom stereocenters. The minimum absolute atomic E-state index is 0. The second kappa shape index (κ2) is 13.5. The molecular weight excluding hydrogens is 627 g/mol. The van der Waals surface area contributed by atoms with Crippen molar-refractivity contribution in [2.24, 2.45) is 17.8 Å². The summed E-state index contributed by atoms with van der Waals surface area (Å²) in [4.78, 5) is 33.1. The number of aromatic nitrogens is 1. The van der Waals surface area contributed by atoms with Gasteiger partial charge in [0.25, 0.3) is 0 Å². The van der Waals surface area contributed by atoms with Crippen LogP contribution in [0.5, 0.6) is 23.0 Å². The number of hydrogen-bond donors (Lipinski definition) is 1. The second-order valence-corrected chi connectivity index (χ2v) is 11.7. The van der Waals surface area contributed by atoms with E-state index in [0.717, 1.165) is 37.2 Å². The maximum absolute atomic E-state index is 13.5. The summed E-state index contributed by atoms with van der Waals surface area (Å²) in [6.45, 7) is 1.68. The number of aromatic amines is 1. The molecule has 2 fully saturated rings. The first-order valence-electron chi connectivity index (χ1n) is 14.9. The van der Waals surface area contributed by atoms with E-state index in [0.29, 0.717) is 23.7 Å². The maximum Gasteiger partial charge on any atom is 0.338 e. The van der Waals surface area contributed by atoms with Gasteiger partial charge < -0.3 is 38.1 Å². The molecule has 0 bridgehead atoms. The molecule has 3 heterocycles. The van der Waals surface area contributed by atoms with Gasteiger partial charge in [-0.25, -0.2) is 4.79 Å². The van der Waals surface area contributed by atoms with E-state index in [-0.39, 0.29) is 45.9 Å². The van der Waals surface area contributed by atoms with E-state index in [9.17, 15) is 9.59 Å². The number of carbonyl (C=O) groups is 2. The summed E-state index contributed by atoms with van der Waals surface area (Å²) in [5.41, 5.74) is 3.83. The van der Waals surface area contributed by atoms with Crippen molar-refractivity contribution in [3.63, 3.8) is 0 Å². The van der Waals surface area contributed by atoms with Gasteiger partial charge >= 0.3 is 11.9 Å². The van der Waals surface area contributed by atoms with E-state index in [1.165, 1.54) is 45.1 Å². The smallest absolute Gasteiger partial charge is 0.338 e. The predicted octanol–water partition coefficient (Wildman–Crippen LogP) is 4.17. The molecular formula is C33H40N2NiO9. The van der Waals surface area contributed by atoms with Gasteiger partial charge in [-0.1, -0.05) is 0 Å². The monoisotopic (exact) mass is 666 g/mol. The summed E-state index contributed by atoms with van der Waals surface area (Å²) in [5, 5.41) is 1.21. The van der Waals surface area contributed by atoms with Gasteiger partial charge in [-0.05, 0) is 60.9 Å². The summed E-state index contributed by atoms with van der Waals surface area (Å²) in [7, 11) is 9.10. The Morgan fingerprint density at radius 3 is 2.27 bits per heavy atom. The van der Waals surface area contributed by atoms with Crippen molar-refractivity contribution in [1.29, 1.82) is 0 Å². The van der Waals surface area contributed by atoms with Crippen LogP contribution in [0.2, 0.25) is 0 Å².